The number of anilines is 2. The van der Waals surface area contributed by atoms with E-state index in [4.69, 9.17) is 23.8 Å². The molecule has 1 saturated heterocycles. The highest BCUT2D eigenvalue weighted by Crippen LogP contribution is 2.42. The maximum absolute atomic E-state index is 13.4. The third kappa shape index (κ3) is 4.17. The number of allylic oxidation sites excluding steroid dienone is 1. The van der Waals surface area contributed by atoms with Crippen LogP contribution in [0.3, 0.4) is 0 Å². The maximum atomic E-state index is 13.4. The van der Waals surface area contributed by atoms with Gasteiger partial charge in [-0.1, -0.05) is 42.8 Å². The number of amides is 2. The van der Waals surface area contributed by atoms with Gasteiger partial charge in [0.2, 0.25) is 0 Å². The monoisotopic (exact) mass is 493 g/mol. The van der Waals surface area contributed by atoms with Gasteiger partial charge in [-0.2, -0.15) is 0 Å². The number of carbonyl (C=O) groups is 2. The number of halogens is 1. The summed E-state index contributed by atoms with van der Waals surface area (Å²) in [4.78, 5) is 29.9. The standard InChI is InChI=1S/C27H28ClN3O2S/c1-6-11-30-23-14-21(28)18(12-19(23)17(3)15-27(30,4)5)13-20-24(32)29-26(34)31(25(20)33)22-10-8-7-9-16(22)2/h7-10,12-15H,6,11H2,1-5H3,(H,29,32,34)/b20-13-. The van der Waals surface area contributed by atoms with Gasteiger partial charge < -0.3 is 4.90 Å². The molecule has 1 fully saturated rings. The molecule has 2 aromatic carbocycles. The molecule has 1 N–H and O–H groups in total. The minimum Gasteiger partial charge on any atom is -0.362 e. The molecule has 0 spiro atoms. The van der Waals surface area contributed by atoms with E-state index in [2.05, 4.69) is 44.0 Å². The van der Waals surface area contributed by atoms with Crippen LogP contribution >= 0.6 is 23.8 Å². The lowest BCUT2D eigenvalue weighted by atomic mass is 9.87. The third-order valence-corrected chi connectivity index (χ3v) is 6.91. The van der Waals surface area contributed by atoms with Crippen molar-refractivity contribution in [2.24, 2.45) is 0 Å². The van der Waals surface area contributed by atoms with E-state index in [9.17, 15) is 9.59 Å². The van der Waals surface area contributed by atoms with Gasteiger partial charge in [0.1, 0.15) is 5.57 Å². The zero-order valence-corrected chi connectivity index (χ0v) is 21.6. The van der Waals surface area contributed by atoms with E-state index >= 15 is 0 Å². The van der Waals surface area contributed by atoms with Gasteiger partial charge in [-0.25, -0.2) is 0 Å². The Bertz CT molecular complexity index is 1280. The van der Waals surface area contributed by atoms with Crippen molar-refractivity contribution >= 4 is 63.8 Å². The number of nitrogens with zero attached hydrogens (tertiary/aromatic N) is 2. The second kappa shape index (κ2) is 9.01. The number of thiocarbonyl (C=S) groups is 1. The number of rotatable bonds is 4. The molecular weight excluding hydrogens is 466 g/mol. The van der Waals surface area contributed by atoms with Crippen molar-refractivity contribution in [2.75, 3.05) is 16.3 Å². The first kappa shape index (κ1) is 24.2. The van der Waals surface area contributed by atoms with E-state index < -0.39 is 11.8 Å². The Kier molecular flexibility index (Phi) is 6.40. The topological polar surface area (TPSA) is 52.7 Å². The van der Waals surface area contributed by atoms with Crippen LogP contribution in [0.25, 0.3) is 11.6 Å². The molecular formula is C27H28ClN3O2S. The lowest BCUT2D eigenvalue weighted by Crippen LogP contribution is -2.54. The van der Waals surface area contributed by atoms with E-state index in [1.54, 1.807) is 12.1 Å². The predicted molar refractivity (Wildman–Crippen MR) is 144 cm³/mol. The first-order valence-corrected chi connectivity index (χ1v) is 12.1. The summed E-state index contributed by atoms with van der Waals surface area (Å²) < 4.78 is 0. The molecule has 0 atom stereocenters. The Morgan fingerprint density at radius 2 is 1.82 bits per heavy atom. The molecule has 0 bridgehead atoms. The van der Waals surface area contributed by atoms with Crippen molar-refractivity contribution in [3.8, 4) is 0 Å². The minimum absolute atomic E-state index is 0.0121. The van der Waals surface area contributed by atoms with Crippen LogP contribution < -0.4 is 15.1 Å². The minimum atomic E-state index is -0.533. The van der Waals surface area contributed by atoms with Crippen LogP contribution in [0.4, 0.5) is 11.4 Å². The van der Waals surface area contributed by atoms with Gasteiger partial charge in [-0.05, 0) is 87.3 Å². The molecule has 34 heavy (non-hydrogen) atoms. The van der Waals surface area contributed by atoms with Crippen LogP contribution in [0.5, 0.6) is 0 Å². The number of nitrogens with one attached hydrogen (secondary N) is 1. The van der Waals surface area contributed by atoms with Crippen LogP contribution in [0.15, 0.2) is 48.0 Å². The molecule has 4 rings (SSSR count). The van der Waals surface area contributed by atoms with Gasteiger partial charge in [0.25, 0.3) is 11.8 Å². The van der Waals surface area contributed by atoms with Crippen molar-refractivity contribution in [1.29, 1.82) is 0 Å². The summed E-state index contributed by atoms with van der Waals surface area (Å²) >= 11 is 12.0. The van der Waals surface area contributed by atoms with Crippen LogP contribution in [-0.2, 0) is 9.59 Å². The smallest absolute Gasteiger partial charge is 0.270 e. The highest BCUT2D eigenvalue weighted by atomic mass is 35.5. The molecule has 2 aliphatic rings. The summed E-state index contributed by atoms with van der Waals surface area (Å²) in [6, 6.07) is 11.3. The number of para-hydroxylation sites is 1. The van der Waals surface area contributed by atoms with Crippen molar-refractivity contribution in [1.82, 2.24) is 5.32 Å². The summed E-state index contributed by atoms with van der Waals surface area (Å²) in [6.45, 7) is 11.4. The van der Waals surface area contributed by atoms with E-state index in [1.165, 1.54) is 4.90 Å². The van der Waals surface area contributed by atoms with Crippen LogP contribution in [0.2, 0.25) is 5.02 Å². The van der Waals surface area contributed by atoms with Crippen molar-refractivity contribution < 1.29 is 9.59 Å². The first-order valence-electron chi connectivity index (χ1n) is 11.3. The summed E-state index contributed by atoms with van der Waals surface area (Å²) in [5.41, 5.74) is 5.20. The second-order valence-electron chi connectivity index (χ2n) is 9.27. The van der Waals surface area contributed by atoms with E-state index in [1.807, 2.05) is 37.3 Å². The van der Waals surface area contributed by atoms with Gasteiger partial charge >= 0.3 is 0 Å². The highest BCUT2D eigenvalue weighted by molar-refractivity contribution is 7.80. The number of fused-ring (bicyclic) bond motifs is 1. The molecule has 0 aliphatic carbocycles. The quantitative estimate of drug-likeness (QED) is 0.327. The zero-order chi connectivity index (χ0) is 24.8. The molecule has 2 aliphatic heterocycles. The second-order valence-corrected chi connectivity index (χ2v) is 10.1. The lowest BCUT2D eigenvalue weighted by Gasteiger charge is -2.43. The Labute approximate surface area is 211 Å². The predicted octanol–water partition coefficient (Wildman–Crippen LogP) is 5.89. The third-order valence-electron chi connectivity index (χ3n) is 6.30. The summed E-state index contributed by atoms with van der Waals surface area (Å²) in [5, 5.41) is 3.19. The maximum Gasteiger partial charge on any atom is 0.270 e. The SMILES string of the molecule is CCCN1c2cc(Cl)c(/C=C3/C(=O)NC(=S)N(c4ccccc4C)C3=O)cc2C(C)=CC1(C)C. The molecule has 5 nitrogen and oxygen atoms in total. The van der Waals surface area contributed by atoms with Gasteiger partial charge in [0.15, 0.2) is 5.11 Å². The fraction of sp³-hybridized carbons (Fsp3) is 0.296. The Balaban J connectivity index is 1.80. The van der Waals surface area contributed by atoms with Gasteiger partial charge in [0.05, 0.1) is 11.2 Å². The largest absolute Gasteiger partial charge is 0.362 e. The number of hydrogen-bond donors (Lipinski definition) is 1. The normalized spacial score (nSPS) is 18.7. The fourth-order valence-electron chi connectivity index (χ4n) is 4.70. The summed E-state index contributed by atoms with van der Waals surface area (Å²) in [7, 11) is 0. The fourth-order valence-corrected chi connectivity index (χ4v) is 5.19. The van der Waals surface area contributed by atoms with Crippen LogP contribution in [-0.4, -0.2) is 29.0 Å². The average Bonchev–Trinajstić information content (AvgIpc) is 2.75. The number of benzene rings is 2. The molecule has 2 amide bonds. The van der Waals surface area contributed by atoms with Crippen molar-refractivity contribution in [3.05, 3.63) is 69.8 Å². The number of hydrogen-bond acceptors (Lipinski definition) is 4. The van der Waals surface area contributed by atoms with Crippen LogP contribution in [0, 0.1) is 6.92 Å². The van der Waals surface area contributed by atoms with Gasteiger partial charge in [0, 0.05) is 22.8 Å². The molecule has 7 heteroatoms. The lowest BCUT2D eigenvalue weighted by molar-refractivity contribution is -0.122. The molecule has 2 heterocycles. The Morgan fingerprint density at radius 3 is 2.50 bits per heavy atom. The molecule has 0 unspecified atom stereocenters. The molecule has 176 valence electrons. The number of carbonyl (C=O) groups excluding carboxylic acids is 2. The first-order chi connectivity index (χ1) is 16.0. The highest BCUT2D eigenvalue weighted by Gasteiger charge is 2.36. The summed E-state index contributed by atoms with van der Waals surface area (Å²) in [5.74, 6) is -1.01. The average molecular weight is 494 g/mol. The Hall–Kier alpha value is -2.96. The number of aryl methyl sites for hydroxylation is 1. The molecule has 2 aromatic rings. The van der Waals surface area contributed by atoms with E-state index in [0.717, 1.165) is 35.4 Å². The van der Waals surface area contributed by atoms with Gasteiger partial charge in [-0.15, -0.1) is 0 Å². The van der Waals surface area contributed by atoms with Crippen LogP contribution in [0.1, 0.15) is 50.8 Å². The van der Waals surface area contributed by atoms with Gasteiger partial charge in [-0.3, -0.25) is 19.8 Å². The zero-order valence-electron chi connectivity index (χ0n) is 20.0. The molecule has 0 radical (unpaired) electrons. The summed E-state index contributed by atoms with van der Waals surface area (Å²) in [6.07, 6.45) is 4.81. The van der Waals surface area contributed by atoms with Crippen molar-refractivity contribution in [2.45, 2.75) is 46.6 Å². The Morgan fingerprint density at radius 1 is 1.12 bits per heavy atom. The molecule has 0 aromatic heterocycles. The van der Waals surface area contributed by atoms with Crippen molar-refractivity contribution in [3.63, 3.8) is 0 Å². The molecule has 0 saturated carbocycles. The van der Waals surface area contributed by atoms with E-state index in [0.29, 0.717) is 16.3 Å². The van der Waals surface area contributed by atoms with E-state index in [-0.39, 0.29) is 16.2 Å².